The van der Waals surface area contributed by atoms with Crippen molar-refractivity contribution >= 4 is 57.4 Å². The minimum atomic E-state index is 0.324. The van der Waals surface area contributed by atoms with Crippen molar-refractivity contribution in [2.24, 2.45) is 4.99 Å². The first kappa shape index (κ1) is 14.3. The topological polar surface area (TPSA) is 24.4 Å². The maximum absolute atomic E-state index is 6.12. The van der Waals surface area contributed by atoms with E-state index in [4.69, 9.17) is 34.8 Å². The molecule has 0 bridgehead atoms. The number of benzene rings is 1. The maximum atomic E-state index is 6.12. The van der Waals surface area contributed by atoms with Crippen LogP contribution < -0.4 is 5.32 Å². The van der Waals surface area contributed by atoms with Crippen molar-refractivity contribution in [3.63, 3.8) is 0 Å². The zero-order chi connectivity index (χ0) is 13.3. The summed E-state index contributed by atoms with van der Waals surface area (Å²) in [5.74, 6) is 0. The third-order valence-electron chi connectivity index (χ3n) is 2.58. The molecule has 98 valence electrons. The van der Waals surface area contributed by atoms with Crippen molar-refractivity contribution in [1.82, 2.24) is 0 Å². The van der Waals surface area contributed by atoms with E-state index in [1.807, 2.05) is 0 Å². The van der Waals surface area contributed by atoms with E-state index in [-0.39, 0.29) is 0 Å². The van der Waals surface area contributed by atoms with Gasteiger partial charge < -0.3 is 5.32 Å². The molecule has 1 heterocycles. The number of aliphatic imine (C=N–C) groups is 1. The van der Waals surface area contributed by atoms with Gasteiger partial charge in [0.05, 0.1) is 26.8 Å². The van der Waals surface area contributed by atoms with Crippen LogP contribution in [0.4, 0.5) is 5.69 Å². The Morgan fingerprint density at radius 3 is 2.50 bits per heavy atom. The average Bonchev–Trinajstić information content (AvgIpc) is 2.24. The van der Waals surface area contributed by atoms with Crippen molar-refractivity contribution < 1.29 is 0 Å². The Bertz CT molecular complexity index is 490. The average molecular weight is 324 g/mol. The summed E-state index contributed by atoms with van der Waals surface area (Å²) in [6.45, 7) is 4.29. The lowest BCUT2D eigenvalue weighted by molar-refractivity contribution is 0.661. The van der Waals surface area contributed by atoms with Crippen LogP contribution in [-0.2, 0) is 0 Å². The van der Waals surface area contributed by atoms with Crippen LogP contribution in [0.25, 0.3) is 0 Å². The highest BCUT2D eigenvalue weighted by molar-refractivity contribution is 8.14. The van der Waals surface area contributed by atoms with Gasteiger partial charge in [-0.25, -0.2) is 0 Å². The first-order valence-electron chi connectivity index (χ1n) is 5.61. The molecule has 1 aromatic carbocycles. The molecule has 1 aliphatic rings. The van der Waals surface area contributed by atoms with E-state index in [0.29, 0.717) is 26.4 Å². The van der Waals surface area contributed by atoms with Crippen molar-refractivity contribution in [3.8, 4) is 0 Å². The molecule has 2 atom stereocenters. The smallest absolute Gasteiger partial charge is 0.161 e. The fourth-order valence-electron chi connectivity index (χ4n) is 1.80. The highest BCUT2D eigenvalue weighted by atomic mass is 35.5. The van der Waals surface area contributed by atoms with Crippen molar-refractivity contribution in [2.75, 3.05) is 5.32 Å². The number of hydrogen-bond acceptors (Lipinski definition) is 3. The zero-order valence-electron chi connectivity index (χ0n) is 10.0. The zero-order valence-corrected chi connectivity index (χ0v) is 13.1. The fraction of sp³-hybridized carbons (Fsp3) is 0.417. The summed E-state index contributed by atoms with van der Waals surface area (Å²) >= 11 is 19.7. The van der Waals surface area contributed by atoms with Crippen LogP contribution in [0.3, 0.4) is 0 Å². The number of amidine groups is 1. The Morgan fingerprint density at radius 2 is 1.83 bits per heavy atom. The molecule has 0 saturated heterocycles. The van der Waals surface area contributed by atoms with Gasteiger partial charge in [-0.15, -0.1) is 0 Å². The Kier molecular flexibility index (Phi) is 4.70. The predicted molar refractivity (Wildman–Crippen MR) is 83.7 cm³/mol. The largest absolute Gasteiger partial charge is 0.334 e. The first-order chi connectivity index (χ1) is 8.45. The molecule has 2 nitrogen and oxygen atoms in total. The highest BCUT2D eigenvalue weighted by Gasteiger charge is 2.19. The summed E-state index contributed by atoms with van der Waals surface area (Å²) < 4.78 is 0. The standard InChI is InChI=1S/C12H13Cl3N2S/c1-6-3-7(2)18-12(16-6)17-11-5-9(14)8(13)4-10(11)15/h4-7H,3H2,1-2H3,(H,16,17). The number of thioether (sulfide) groups is 1. The summed E-state index contributed by atoms with van der Waals surface area (Å²) in [5.41, 5.74) is 0.735. The third-order valence-corrected chi connectivity index (χ3v) is 4.64. The van der Waals surface area contributed by atoms with Gasteiger partial charge >= 0.3 is 0 Å². The predicted octanol–water partition coefficient (Wildman–Crippen LogP) is 5.33. The molecular formula is C12H13Cl3N2S. The van der Waals surface area contributed by atoms with Gasteiger partial charge in [0.15, 0.2) is 5.17 Å². The minimum Gasteiger partial charge on any atom is -0.334 e. The molecular weight excluding hydrogens is 311 g/mol. The maximum Gasteiger partial charge on any atom is 0.161 e. The lowest BCUT2D eigenvalue weighted by Gasteiger charge is -2.23. The SMILES string of the molecule is CC1CC(C)SC(Nc2cc(Cl)c(Cl)cc2Cl)=N1. The molecule has 0 spiro atoms. The van der Waals surface area contributed by atoms with Crippen LogP contribution in [0.5, 0.6) is 0 Å². The third kappa shape index (κ3) is 3.47. The van der Waals surface area contributed by atoms with Crippen molar-refractivity contribution in [2.45, 2.75) is 31.6 Å². The first-order valence-corrected chi connectivity index (χ1v) is 7.63. The summed E-state index contributed by atoms with van der Waals surface area (Å²) in [5, 5.41) is 6.10. The van der Waals surface area contributed by atoms with Gasteiger partial charge in [0, 0.05) is 5.25 Å². The molecule has 1 aromatic rings. The van der Waals surface area contributed by atoms with Gasteiger partial charge in [-0.3, -0.25) is 4.99 Å². The number of nitrogens with one attached hydrogen (secondary N) is 1. The van der Waals surface area contributed by atoms with E-state index >= 15 is 0 Å². The van der Waals surface area contributed by atoms with E-state index in [1.165, 1.54) is 0 Å². The minimum absolute atomic E-state index is 0.324. The number of hydrogen-bond donors (Lipinski definition) is 1. The number of anilines is 1. The van der Waals surface area contributed by atoms with Crippen LogP contribution >= 0.6 is 46.6 Å². The number of halogens is 3. The molecule has 0 saturated carbocycles. The van der Waals surface area contributed by atoms with Gasteiger partial charge in [-0.2, -0.15) is 0 Å². The summed E-state index contributed by atoms with van der Waals surface area (Å²) in [6.07, 6.45) is 1.09. The summed E-state index contributed by atoms with van der Waals surface area (Å²) in [7, 11) is 0. The normalized spacial score (nSPS) is 23.7. The molecule has 0 aliphatic carbocycles. The van der Waals surface area contributed by atoms with E-state index in [2.05, 4.69) is 24.2 Å². The Morgan fingerprint density at radius 1 is 1.17 bits per heavy atom. The van der Waals surface area contributed by atoms with Crippen molar-refractivity contribution in [1.29, 1.82) is 0 Å². The quantitative estimate of drug-likeness (QED) is 0.706. The molecule has 2 unspecified atom stereocenters. The molecule has 1 N–H and O–H groups in total. The second kappa shape index (κ2) is 5.91. The molecule has 0 radical (unpaired) electrons. The van der Waals surface area contributed by atoms with Crippen LogP contribution in [0.15, 0.2) is 17.1 Å². The van der Waals surface area contributed by atoms with Crippen molar-refractivity contribution in [3.05, 3.63) is 27.2 Å². The van der Waals surface area contributed by atoms with Gasteiger partial charge in [0.1, 0.15) is 0 Å². The molecule has 0 amide bonds. The van der Waals surface area contributed by atoms with Gasteiger partial charge in [0.25, 0.3) is 0 Å². The number of rotatable bonds is 1. The van der Waals surface area contributed by atoms with Gasteiger partial charge in [-0.1, -0.05) is 53.5 Å². The van der Waals surface area contributed by atoms with Gasteiger partial charge in [-0.05, 0) is 25.5 Å². The monoisotopic (exact) mass is 322 g/mol. The lowest BCUT2D eigenvalue weighted by atomic mass is 10.2. The fourth-order valence-corrected chi connectivity index (χ4v) is 3.56. The molecule has 0 fully saturated rings. The van der Waals surface area contributed by atoms with E-state index in [9.17, 15) is 0 Å². The highest BCUT2D eigenvalue weighted by Crippen LogP contribution is 2.34. The van der Waals surface area contributed by atoms with E-state index in [1.54, 1.807) is 23.9 Å². The van der Waals surface area contributed by atoms with Crippen LogP contribution in [0.1, 0.15) is 20.3 Å². The summed E-state index contributed by atoms with van der Waals surface area (Å²) in [6, 6.07) is 3.68. The van der Waals surface area contributed by atoms with Crippen LogP contribution in [0.2, 0.25) is 15.1 Å². The van der Waals surface area contributed by atoms with Crippen LogP contribution in [0, 0.1) is 0 Å². The van der Waals surface area contributed by atoms with E-state index < -0.39 is 0 Å². The Labute approximate surface area is 126 Å². The molecule has 6 heteroatoms. The van der Waals surface area contributed by atoms with Crippen LogP contribution in [-0.4, -0.2) is 16.5 Å². The van der Waals surface area contributed by atoms with E-state index in [0.717, 1.165) is 17.3 Å². The molecule has 1 aliphatic heterocycles. The Hall–Kier alpha value is -0.0900. The second-order valence-corrected chi connectivity index (χ2v) is 6.97. The Balaban J connectivity index is 2.21. The summed E-state index contributed by atoms with van der Waals surface area (Å²) in [4.78, 5) is 4.55. The molecule has 2 rings (SSSR count). The number of nitrogens with zero attached hydrogens (tertiary/aromatic N) is 1. The second-order valence-electron chi connectivity index (χ2n) is 4.32. The van der Waals surface area contributed by atoms with Gasteiger partial charge in [0.2, 0.25) is 0 Å². The molecule has 18 heavy (non-hydrogen) atoms. The lowest BCUT2D eigenvalue weighted by Crippen LogP contribution is -2.22. The molecule has 0 aromatic heterocycles.